The average molecular weight is 277 g/mol. The first-order chi connectivity index (χ1) is 8.42. The topological polar surface area (TPSA) is 145 Å². The van der Waals surface area contributed by atoms with Crippen molar-refractivity contribution in [2.24, 2.45) is 11.7 Å². The Hall–Kier alpha value is -1.68. The van der Waals surface area contributed by atoms with Crippen molar-refractivity contribution in [1.29, 1.82) is 0 Å². The highest BCUT2D eigenvalue weighted by molar-refractivity contribution is 7.87. The van der Waals surface area contributed by atoms with Gasteiger partial charge in [0.05, 0.1) is 17.9 Å². The Morgan fingerprint density at radius 1 is 1.33 bits per heavy atom. The van der Waals surface area contributed by atoms with Crippen LogP contribution in [0, 0.1) is 0 Å². The van der Waals surface area contributed by atoms with E-state index in [4.69, 9.17) is 9.29 Å². The van der Waals surface area contributed by atoms with Crippen LogP contribution >= 0.6 is 0 Å². The normalized spacial score (nSPS) is 10.0. The van der Waals surface area contributed by atoms with Gasteiger partial charge in [-0.05, 0) is 31.2 Å². The highest BCUT2D eigenvalue weighted by Crippen LogP contribution is 2.11. The number of rotatable bonds is 4. The summed E-state index contributed by atoms with van der Waals surface area (Å²) in [6.07, 6.45) is 0. The Morgan fingerprint density at radius 2 is 1.83 bits per heavy atom. The SMILES string of the molecule is CCOC(=O)c1ccc(NS(=O)(=O)O)cc1.NN. The van der Waals surface area contributed by atoms with Crippen LogP contribution < -0.4 is 16.4 Å². The minimum Gasteiger partial charge on any atom is -0.462 e. The molecule has 0 aliphatic carbocycles. The third-order valence-electron chi connectivity index (χ3n) is 1.64. The summed E-state index contributed by atoms with van der Waals surface area (Å²) in [6.45, 7) is 1.95. The lowest BCUT2D eigenvalue weighted by Gasteiger charge is -2.04. The van der Waals surface area contributed by atoms with E-state index in [-0.39, 0.29) is 12.3 Å². The van der Waals surface area contributed by atoms with E-state index >= 15 is 0 Å². The number of hydrogen-bond donors (Lipinski definition) is 4. The number of carbonyl (C=O) groups is 1. The van der Waals surface area contributed by atoms with Crippen molar-refractivity contribution < 1.29 is 22.5 Å². The first-order valence-electron chi connectivity index (χ1n) is 4.78. The van der Waals surface area contributed by atoms with Gasteiger partial charge in [-0.25, -0.2) is 4.79 Å². The lowest BCUT2D eigenvalue weighted by Crippen LogP contribution is -2.10. The predicted molar refractivity (Wildman–Crippen MR) is 65.9 cm³/mol. The summed E-state index contributed by atoms with van der Waals surface area (Å²) in [5.41, 5.74) is 0.471. The monoisotopic (exact) mass is 277 g/mol. The molecule has 6 N–H and O–H groups in total. The van der Waals surface area contributed by atoms with E-state index < -0.39 is 16.3 Å². The molecule has 0 saturated heterocycles. The molecule has 0 aromatic heterocycles. The maximum absolute atomic E-state index is 11.2. The van der Waals surface area contributed by atoms with Gasteiger partial charge in [0.25, 0.3) is 0 Å². The summed E-state index contributed by atoms with van der Waals surface area (Å²) in [5.74, 6) is 7.51. The van der Waals surface area contributed by atoms with Crippen molar-refractivity contribution in [3.8, 4) is 0 Å². The molecule has 0 heterocycles. The molecule has 0 aliphatic heterocycles. The number of nitrogens with one attached hydrogen (secondary N) is 1. The van der Waals surface area contributed by atoms with Crippen LogP contribution in [0.15, 0.2) is 24.3 Å². The molecule has 0 spiro atoms. The van der Waals surface area contributed by atoms with E-state index in [1.807, 2.05) is 4.72 Å². The fourth-order valence-corrected chi connectivity index (χ4v) is 1.47. The molecule has 0 aliphatic rings. The van der Waals surface area contributed by atoms with Gasteiger partial charge in [0.15, 0.2) is 0 Å². The molecule has 0 amide bonds. The van der Waals surface area contributed by atoms with Crippen LogP contribution in [0.5, 0.6) is 0 Å². The number of anilines is 1. The molecular weight excluding hydrogens is 262 g/mol. The number of benzene rings is 1. The zero-order chi connectivity index (χ0) is 14.2. The second kappa shape index (κ2) is 7.61. The van der Waals surface area contributed by atoms with Gasteiger partial charge < -0.3 is 4.74 Å². The van der Waals surface area contributed by atoms with Gasteiger partial charge in [0.1, 0.15) is 0 Å². The summed E-state index contributed by atoms with van der Waals surface area (Å²) in [5, 5.41) is 0. The Morgan fingerprint density at radius 3 is 2.22 bits per heavy atom. The molecule has 18 heavy (non-hydrogen) atoms. The number of hydrazine groups is 1. The van der Waals surface area contributed by atoms with Crippen LogP contribution in [0.3, 0.4) is 0 Å². The zero-order valence-corrected chi connectivity index (χ0v) is 10.5. The molecule has 1 aromatic carbocycles. The van der Waals surface area contributed by atoms with Crippen molar-refractivity contribution in [2.45, 2.75) is 6.92 Å². The molecule has 0 saturated carbocycles. The van der Waals surface area contributed by atoms with E-state index in [0.717, 1.165) is 0 Å². The largest absolute Gasteiger partial charge is 0.462 e. The van der Waals surface area contributed by atoms with Crippen LogP contribution in [-0.4, -0.2) is 25.5 Å². The number of hydrogen-bond acceptors (Lipinski definition) is 6. The first-order valence-corrected chi connectivity index (χ1v) is 6.22. The molecule has 0 atom stereocenters. The number of nitrogens with two attached hydrogens (primary N) is 2. The van der Waals surface area contributed by atoms with E-state index in [1.54, 1.807) is 6.92 Å². The van der Waals surface area contributed by atoms with Crippen LogP contribution in [0.25, 0.3) is 0 Å². The zero-order valence-electron chi connectivity index (χ0n) is 9.66. The molecule has 0 fully saturated rings. The summed E-state index contributed by atoms with van der Waals surface area (Å²) in [7, 11) is -4.29. The lowest BCUT2D eigenvalue weighted by molar-refractivity contribution is 0.0526. The summed E-state index contributed by atoms with van der Waals surface area (Å²) in [4.78, 5) is 11.2. The molecule has 0 unspecified atom stereocenters. The van der Waals surface area contributed by atoms with E-state index in [2.05, 4.69) is 11.7 Å². The molecule has 8 nitrogen and oxygen atoms in total. The summed E-state index contributed by atoms with van der Waals surface area (Å²) < 4.78 is 36.0. The van der Waals surface area contributed by atoms with Crippen LogP contribution in [0.4, 0.5) is 5.69 Å². The van der Waals surface area contributed by atoms with Crippen molar-refractivity contribution in [3.05, 3.63) is 29.8 Å². The van der Waals surface area contributed by atoms with Crippen LogP contribution in [0.1, 0.15) is 17.3 Å². The number of carbonyl (C=O) groups excluding carboxylic acids is 1. The fourth-order valence-electron chi connectivity index (χ4n) is 1.04. The van der Waals surface area contributed by atoms with Crippen molar-refractivity contribution >= 4 is 22.0 Å². The molecule has 102 valence electrons. The molecule has 1 aromatic rings. The molecule has 0 radical (unpaired) electrons. The summed E-state index contributed by atoms with van der Waals surface area (Å²) in [6, 6.07) is 5.48. The number of ether oxygens (including phenoxy) is 1. The van der Waals surface area contributed by atoms with E-state index in [0.29, 0.717) is 5.56 Å². The van der Waals surface area contributed by atoms with Gasteiger partial charge >= 0.3 is 16.3 Å². The Balaban J connectivity index is 0.00000137. The molecular formula is C9H15N3O5S. The van der Waals surface area contributed by atoms with E-state index in [9.17, 15) is 13.2 Å². The smallest absolute Gasteiger partial charge is 0.357 e. The van der Waals surface area contributed by atoms with E-state index in [1.165, 1.54) is 24.3 Å². The highest BCUT2D eigenvalue weighted by Gasteiger charge is 2.07. The van der Waals surface area contributed by atoms with Crippen molar-refractivity contribution in [3.63, 3.8) is 0 Å². The number of esters is 1. The summed E-state index contributed by atoms with van der Waals surface area (Å²) >= 11 is 0. The van der Waals surface area contributed by atoms with Gasteiger partial charge in [-0.15, -0.1) is 0 Å². The molecule has 0 bridgehead atoms. The van der Waals surface area contributed by atoms with Gasteiger partial charge in [-0.2, -0.15) is 8.42 Å². The third-order valence-corrected chi connectivity index (χ3v) is 2.14. The van der Waals surface area contributed by atoms with Gasteiger partial charge in [-0.3, -0.25) is 21.0 Å². The van der Waals surface area contributed by atoms with Crippen molar-refractivity contribution in [2.75, 3.05) is 11.3 Å². The molecule has 9 heteroatoms. The minimum atomic E-state index is -4.29. The van der Waals surface area contributed by atoms with Gasteiger partial charge in [-0.1, -0.05) is 0 Å². The average Bonchev–Trinajstić information content (AvgIpc) is 2.31. The lowest BCUT2D eigenvalue weighted by atomic mass is 10.2. The Bertz CT molecular complexity index is 471. The van der Waals surface area contributed by atoms with Crippen molar-refractivity contribution in [1.82, 2.24) is 0 Å². The quantitative estimate of drug-likeness (QED) is 0.260. The second-order valence-electron chi connectivity index (χ2n) is 2.87. The minimum absolute atomic E-state index is 0.163. The second-order valence-corrected chi connectivity index (χ2v) is 4.03. The first kappa shape index (κ1) is 16.3. The Labute approximate surface area is 105 Å². The maximum atomic E-state index is 11.2. The third kappa shape index (κ3) is 6.15. The van der Waals surface area contributed by atoms with Crippen LogP contribution in [0.2, 0.25) is 0 Å². The fraction of sp³-hybridized carbons (Fsp3) is 0.222. The van der Waals surface area contributed by atoms with Crippen LogP contribution in [-0.2, 0) is 15.0 Å². The molecule has 1 rings (SSSR count). The maximum Gasteiger partial charge on any atom is 0.357 e. The standard InChI is InChI=1S/C9H11NO5S.H4N2/c1-2-15-9(11)7-3-5-8(6-4-7)10-16(12,13)14;1-2/h3-6,10H,2H2,1H3,(H,12,13,14);1-2H2. The van der Waals surface area contributed by atoms with Gasteiger partial charge in [0.2, 0.25) is 0 Å². The predicted octanol–water partition coefficient (Wildman–Crippen LogP) is -0.103. The Kier molecular flexibility index (Phi) is 6.90. The van der Waals surface area contributed by atoms with Gasteiger partial charge in [0, 0.05) is 0 Å². The highest BCUT2D eigenvalue weighted by atomic mass is 32.2.